The molecule has 5 rings (SSSR count). The number of ether oxygens (including phenoxy) is 7. The lowest BCUT2D eigenvalue weighted by Gasteiger charge is -2.31. The summed E-state index contributed by atoms with van der Waals surface area (Å²) in [5.41, 5.74) is 2.18. The summed E-state index contributed by atoms with van der Waals surface area (Å²) in [5.74, 6) is -3.75. The Balaban J connectivity index is 1.72. The molecule has 0 amide bonds. The largest absolute Gasteiger partial charge is 0.488 e. The predicted octanol–water partition coefficient (Wildman–Crippen LogP) is 7.17. The lowest BCUT2D eigenvalue weighted by molar-refractivity contribution is -0.146. The highest BCUT2D eigenvalue weighted by molar-refractivity contribution is 6.09. The quantitative estimate of drug-likeness (QED) is 0.0265. The van der Waals surface area contributed by atoms with Gasteiger partial charge < -0.3 is 52.5 Å². The minimum atomic E-state index is -1.23. The maximum Gasteiger partial charge on any atom is 0.336 e. The van der Waals surface area contributed by atoms with Crippen LogP contribution >= 0.6 is 0 Å². The lowest BCUT2D eigenvalue weighted by atomic mass is 9.89. The number of carbonyl (C=O) groups excluding carboxylic acids is 5. The van der Waals surface area contributed by atoms with Crippen molar-refractivity contribution < 1.29 is 71.4 Å². The van der Waals surface area contributed by atoms with Crippen molar-refractivity contribution in [2.75, 3.05) is 69.1 Å². The van der Waals surface area contributed by atoms with E-state index in [0.717, 1.165) is 5.56 Å². The number of carboxylic acids is 1. The van der Waals surface area contributed by atoms with E-state index >= 15 is 0 Å². The van der Waals surface area contributed by atoms with Crippen LogP contribution in [0.1, 0.15) is 76.4 Å². The second-order valence-electron chi connectivity index (χ2n) is 15.8. The average molecular weight is 969 g/mol. The number of anilines is 2. The lowest BCUT2D eigenvalue weighted by Crippen LogP contribution is -2.44. The molecule has 0 spiro atoms. The summed E-state index contributed by atoms with van der Waals surface area (Å²) in [6, 6.07) is 15.5. The summed E-state index contributed by atoms with van der Waals surface area (Å²) >= 11 is 0. The van der Waals surface area contributed by atoms with Crippen molar-refractivity contribution in [1.82, 2.24) is 0 Å². The molecule has 0 aromatic heterocycles. The van der Waals surface area contributed by atoms with Crippen LogP contribution < -0.4 is 24.7 Å². The van der Waals surface area contributed by atoms with Crippen LogP contribution in [0.5, 0.6) is 11.5 Å². The molecule has 1 aliphatic heterocycles. The zero-order chi connectivity index (χ0) is 51.1. The number of fused-ring (bicyclic) bond motifs is 2. The molecule has 0 fully saturated rings. The highest BCUT2D eigenvalue weighted by Gasteiger charge is 2.32. The number of carboxylic acid groups (broad SMARTS) is 1. The molecule has 70 heavy (non-hydrogen) atoms. The third-order valence-corrected chi connectivity index (χ3v) is 11.0. The monoisotopic (exact) mass is 968 g/mol. The van der Waals surface area contributed by atoms with Crippen LogP contribution in [0, 0.1) is 6.92 Å². The minimum absolute atomic E-state index is 0.0263. The van der Waals surface area contributed by atoms with Crippen LogP contribution in [0.2, 0.25) is 0 Å². The number of hydrogen-bond acceptors (Lipinski definition) is 17. The first-order chi connectivity index (χ1) is 33.6. The van der Waals surface area contributed by atoms with Crippen molar-refractivity contribution in [3.8, 4) is 33.9 Å². The molecule has 2 atom stereocenters. The third kappa shape index (κ3) is 13.1. The van der Waals surface area contributed by atoms with Gasteiger partial charge in [0.25, 0.3) is 0 Å². The summed E-state index contributed by atoms with van der Waals surface area (Å²) in [7, 11) is 0. The molecular formula is C52H60N2O16. The summed E-state index contributed by atoms with van der Waals surface area (Å²) in [5, 5.41) is 10.8. The van der Waals surface area contributed by atoms with Crippen LogP contribution in [0.3, 0.4) is 0 Å². The number of hydrogen-bond donors (Lipinski definition) is 1. The van der Waals surface area contributed by atoms with E-state index in [9.17, 15) is 38.7 Å². The highest BCUT2D eigenvalue weighted by Crippen LogP contribution is 2.46. The Morgan fingerprint density at radius 2 is 1.17 bits per heavy atom. The molecular weight excluding hydrogens is 909 g/mol. The number of benzene rings is 4. The van der Waals surface area contributed by atoms with E-state index in [1.807, 2.05) is 6.92 Å². The van der Waals surface area contributed by atoms with E-state index in [4.69, 9.17) is 37.6 Å². The number of nitrogens with zero attached hydrogens (tertiary/aromatic N) is 2. The molecule has 18 heteroatoms. The minimum Gasteiger partial charge on any atom is -0.488 e. The zero-order valence-electron chi connectivity index (χ0n) is 40.7. The van der Waals surface area contributed by atoms with E-state index < -0.39 is 59.9 Å². The highest BCUT2D eigenvalue weighted by atomic mass is 16.6. The molecule has 2 unspecified atom stereocenters. The van der Waals surface area contributed by atoms with Gasteiger partial charge in [-0.25, -0.2) is 14.4 Å². The molecule has 374 valence electrons. The zero-order valence-corrected chi connectivity index (χ0v) is 40.7. The topological polar surface area (TPSA) is 224 Å². The van der Waals surface area contributed by atoms with Crippen LogP contribution in [0.25, 0.3) is 33.4 Å². The number of carbonyl (C=O) groups is 6. The molecule has 1 N–H and O–H groups in total. The Kier molecular flexibility index (Phi) is 19.1. The van der Waals surface area contributed by atoms with Gasteiger partial charge in [0.15, 0.2) is 5.43 Å². The van der Waals surface area contributed by atoms with Crippen LogP contribution in [-0.2, 0) is 54.1 Å². The number of aromatic carboxylic acids is 1. The maximum atomic E-state index is 13.6. The molecule has 3 aromatic rings. The van der Waals surface area contributed by atoms with E-state index in [-0.39, 0.29) is 105 Å². The van der Waals surface area contributed by atoms with Gasteiger partial charge in [0.1, 0.15) is 61.2 Å². The number of aryl methyl sites for hydroxylation is 2. The smallest absolute Gasteiger partial charge is 0.336 e. The van der Waals surface area contributed by atoms with E-state index in [0.29, 0.717) is 28.0 Å². The van der Waals surface area contributed by atoms with Gasteiger partial charge in [-0.3, -0.25) is 19.2 Å². The molecule has 3 aromatic carbocycles. The molecule has 0 radical (unpaired) electrons. The van der Waals surface area contributed by atoms with Gasteiger partial charge in [0, 0.05) is 40.6 Å². The van der Waals surface area contributed by atoms with Gasteiger partial charge in [-0.05, 0) is 103 Å². The first kappa shape index (κ1) is 53.3. The standard InChI is InChI=1S/C52H60N2O16/c1-9-63-46(56)21-19-34-25-37-43(28-41(34)55)70-42-27-40(54(30-48(58)65-11-3)33(8)52(62)67-13-5)45(26-38(42)49(37)35-16-14-15-17-36(35)50(59)60)69-23-22-68-44-24-31(6)18-20-39(44)53(29-47(57)64-10-2)32(7)51(61)66-12-4/h14-18,20,24-28,32-33H,9-13,19,21-23,29-30H2,1-8H3,(H,59,60). The summed E-state index contributed by atoms with van der Waals surface area (Å²) in [6.45, 7) is 12.7. The van der Waals surface area contributed by atoms with Crippen molar-refractivity contribution in [3.05, 3.63) is 93.6 Å². The van der Waals surface area contributed by atoms with Gasteiger partial charge in [0.05, 0.1) is 50.0 Å². The van der Waals surface area contributed by atoms with Crippen LogP contribution in [-0.4, -0.2) is 112 Å². The normalized spacial score (nSPS) is 11.8. The van der Waals surface area contributed by atoms with E-state index in [1.165, 1.54) is 28.0 Å². The van der Waals surface area contributed by atoms with E-state index in [1.54, 1.807) is 97.0 Å². The Morgan fingerprint density at radius 3 is 1.74 bits per heavy atom. The average Bonchev–Trinajstić information content (AvgIpc) is 3.32. The van der Waals surface area contributed by atoms with Gasteiger partial charge in [-0.15, -0.1) is 0 Å². The van der Waals surface area contributed by atoms with Crippen molar-refractivity contribution in [1.29, 1.82) is 0 Å². The summed E-state index contributed by atoms with van der Waals surface area (Å²) in [4.78, 5) is 94.4. The van der Waals surface area contributed by atoms with E-state index in [2.05, 4.69) is 0 Å². The first-order valence-corrected chi connectivity index (χ1v) is 23.2. The Morgan fingerprint density at radius 1 is 0.629 bits per heavy atom. The number of esters is 5. The van der Waals surface area contributed by atoms with Gasteiger partial charge in [-0.1, -0.05) is 24.3 Å². The van der Waals surface area contributed by atoms with Gasteiger partial charge >= 0.3 is 35.8 Å². The van der Waals surface area contributed by atoms with Crippen LogP contribution in [0.15, 0.2) is 75.9 Å². The van der Waals surface area contributed by atoms with Crippen molar-refractivity contribution in [2.24, 2.45) is 0 Å². The predicted molar refractivity (Wildman–Crippen MR) is 259 cm³/mol. The molecule has 0 bridgehead atoms. The molecule has 0 saturated heterocycles. The Bertz CT molecular complexity index is 2710. The number of rotatable bonds is 25. The summed E-state index contributed by atoms with van der Waals surface area (Å²) in [6.07, 6.45) is -0.0604. The second kappa shape index (κ2) is 25.1. The fourth-order valence-electron chi connectivity index (χ4n) is 7.77. The molecule has 0 saturated carbocycles. The molecule has 1 heterocycles. The fraction of sp³-hybridized carbons (Fsp3) is 0.404. The first-order valence-electron chi connectivity index (χ1n) is 23.2. The molecule has 18 nitrogen and oxygen atoms in total. The van der Waals surface area contributed by atoms with Crippen molar-refractivity contribution in [2.45, 2.75) is 80.3 Å². The SMILES string of the molecule is CCOC(=O)CCc1cc2c(-c3ccccc3C(=O)O)c3cc(OCCOc4cc(C)ccc4N(CC(=O)OCC)C(C)C(=O)OCC)c(N(CC(=O)OCC)C(C)C(=O)OCC)cc3oc-2cc1=O. The van der Waals surface area contributed by atoms with Crippen LogP contribution in [0.4, 0.5) is 11.4 Å². The van der Waals surface area contributed by atoms with Gasteiger partial charge in [0.2, 0.25) is 0 Å². The fourth-order valence-corrected chi connectivity index (χ4v) is 7.77. The second-order valence-corrected chi connectivity index (χ2v) is 15.8. The Hall–Kier alpha value is -7.63. The molecule has 1 aliphatic carbocycles. The van der Waals surface area contributed by atoms with Crippen molar-refractivity contribution >= 4 is 58.2 Å². The van der Waals surface area contributed by atoms with Gasteiger partial charge in [-0.2, -0.15) is 0 Å². The molecule has 2 aliphatic rings. The van der Waals surface area contributed by atoms with Crippen molar-refractivity contribution in [3.63, 3.8) is 0 Å². The maximum absolute atomic E-state index is 13.6. The summed E-state index contributed by atoms with van der Waals surface area (Å²) < 4.78 is 45.7. The Labute approximate surface area is 405 Å². The third-order valence-electron chi connectivity index (χ3n) is 11.0.